The number of rotatable bonds is 7. The molecule has 10 heteroatoms. The van der Waals surface area contributed by atoms with Gasteiger partial charge in [-0.25, -0.2) is 9.07 Å². The van der Waals surface area contributed by atoms with Gasteiger partial charge in [0.1, 0.15) is 17.1 Å². The highest BCUT2D eigenvalue weighted by Crippen LogP contribution is 2.37. The molecule has 0 radical (unpaired) electrons. The van der Waals surface area contributed by atoms with Gasteiger partial charge in [0.2, 0.25) is 5.91 Å². The van der Waals surface area contributed by atoms with Gasteiger partial charge in [0, 0.05) is 17.1 Å². The summed E-state index contributed by atoms with van der Waals surface area (Å²) >= 11 is 6.23. The second-order valence-corrected chi connectivity index (χ2v) is 9.13. The number of halogens is 2. The van der Waals surface area contributed by atoms with Crippen LogP contribution >= 0.6 is 11.6 Å². The summed E-state index contributed by atoms with van der Waals surface area (Å²) in [5, 5.41) is 11.0. The third kappa shape index (κ3) is 4.37. The van der Waals surface area contributed by atoms with Crippen LogP contribution < -0.4 is 15.4 Å². The summed E-state index contributed by atoms with van der Waals surface area (Å²) in [6, 6.07) is 13.0. The zero-order valence-electron chi connectivity index (χ0n) is 19.6. The fourth-order valence-electron chi connectivity index (χ4n) is 4.11. The van der Waals surface area contributed by atoms with Gasteiger partial charge in [-0.15, -0.1) is 0 Å². The van der Waals surface area contributed by atoms with Crippen LogP contribution in [-0.4, -0.2) is 39.2 Å². The SMILES string of the molecule is COc1cncc(C(=O)NC2(C(=O)N[C@H](C)c3ccc(-n4nc(Cl)c5ccccc54)cc3F)CC2)c1. The molecular weight excluding hydrogens is 485 g/mol. The van der Waals surface area contributed by atoms with E-state index in [2.05, 4.69) is 20.7 Å². The Bertz CT molecular complexity index is 1480. The number of nitrogens with zero attached hydrogens (tertiary/aromatic N) is 3. The highest BCUT2D eigenvalue weighted by atomic mass is 35.5. The van der Waals surface area contributed by atoms with Crippen LogP contribution in [0.1, 0.15) is 41.7 Å². The summed E-state index contributed by atoms with van der Waals surface area (Å²) in [4.78, 5) is 29.7. The number of methoxy groups -OCH3 is 1. The van der Waals surface area contributed by atoms with Crippen molar-refractivity contribution in [2.45, 2.75) is 31.3 Å². The minimum atomic E-state index is -1.03. The lowest BCUT2D eigenvalue weighted by molar-refractivity contribution is -0.124. The molecule has 36 heavy (non-hydrogen) atoms. The number of pyridine rings is 1. The molecule has 1 fully saturated rings. The maximum atomic E-state index is 15.1. The van der Waals surface area contributed by atoms with E-state index < -0.39 is 23.3 Å². The van der Waals surface area contributed by atoms with E-state index in [1.54, 1.807) is 29.8 Å². The Morgan fingerprint density at radius 2 is 1.94 bits per heavy atom. The molecule has 0 aliphatic heterocycles. The van der Waals surface area contributed by atoms with Gasteiger partial charge in [-0.2, -0.15) is 5.10 Å². The summed E-state index contributed by atoms with van der Waals surface area (Å²) in [7, 11) is 1.48. The number of hydrogen-bond donors (Lipinski definition) is 2. The second kappa shape index (κ2) is 9.23. The normalized spacial score (nSPS) is 14.8. The van der Waals surface area contributed by atoms with Crippen LogP contribution in [0.25, 0.3) is 16.6 Å². The second-order valence-electron chi connectivity index (χ2n) is 8.77. The lowest BCUT2D eigenvalue weighted by Gasteiger charge is -2.21. The van der Waals surface area contributed by atoms with Crippen molar-refractivity contribution in [2.75, 3.05) is 7.11 Å². The van der Waals surface area contributed by atoms with Gasteiger partial charge in [-0.3, -0.25) is 14.6 Å². The van der Waals surface area contributed by atoms with Crippen molar-refractivity contribution in [1.82, 2.24) is 25.4 Å². The van der Waals surface area contributed by atoms with Crippen LogP contribution in [-0.2, 0) is 4.79 Å². The minimum Gasteiger partial charge on any atom is -0.495 e. The Morgan fingerprint density at radius 3 is 2.67 bits per heavy atom. The molecule has 0 saturated heterocycles. The molecule has 2 aromatic carbocycles. The van der Waals surface area contributed by atoms with Gasteiger partial charge in [-0.05, 0) is 50.1 Å². The van der Waals surface area contributed by atoms with E-state index in [1.165, 1.54) is 25.6 Å². The molecule has 1 saturated carbocycles. The molecule has 5 rings (SSSR count). The van der Waals surface area contributed by atoms with Gasteiger partial charge in [-0.1, -0.05) is 29.8 Å². The van der Waals surface area contributed by atoms with E-state index in [0.29, 0.717) is 35.0 Å². The molecule has 1 aliphatic rings. The quantitative estimate of drug-likeness (QED) is 0.387. The van der Waals surface area contributed by atoms with E-state index >= 15 is 4.39 Å². The number of fused-ring (bicyclic) bond motifs is 1. The highest BCUT2D eigenvalue weighted by Gasteiger charge is 2.51. The van der Waals surface area contributed by atoms with Gasteiger partial charge in [0.25, 0.3) is 5.91 Å². The lowest BCUT2D eigenvalue weighted by atomic mass is 10.1. The number of hydrogen-bond acceptors (Lipinski definition) is 5. The molecule has 1 aliphatic carbocycles. The molecule has 184 valence electrons. The number of nitrogens with one attached hydrogen (secondary N) is 2. The topological polar surface area (TPSA) is 98.1 Å². The molecule has 2 amide bonds. The number of carbonyl (C=O) groups is 2. The summed E-state index contributed by atoms with van der Waals surface area (Å²) in [6.45, 7) is 1.69. The first kappa shape index (κ1) is 23.7. The molecule has 4 aromatic rings. The number of carbonyl (C=O) groups excluding carboxylic acids is 2. The fraction of sp³-hybridized carbons (Fsp3) is 0.231. The van der Waals surface area contributed by atoms with Crippen LogP contribution in [0, 0.1) is 5.82 Å². The molecule has 2 aromatic heterocycles. The first-order chi connectivity index (χ1) is 17.3. The van der Waals surface area contributed by atoms with Crippen LogP contribution in [0.15, 0.2) is 60.9 Å². The largest absolute Gasteiger partial charge is 0.495 e. The Labute approximate surface area is 211 Å². The molecule has 2 N–H and O–H groups in total. The van der Waals surface area contributed by atoms with Gasteiger partial charge < -0.3 is 15.4 Å². The Hall–Kier alpha value is -3.98. The lowest BCUT2D eigenvalue weighted by Crippen LogP contribution is -2.49. The zero-order valence-corrected chi connectivity index (χ0v) is 20.3. The molecule has 2 heterocycles. The van der Waals surface area contributed by atoms with Crippen molar-refractivity contribution < 1.29 is 18.7 Å². The van der Waals surface area contributed by atoms with Crippen molar-refractivity contribution in [3.8, 4) is 11.4 Å². The number of para-hydroxylation sites is 1. The summed E-state index contributed by atoms with van der Waals surface area (Å²) < 4.78 is 21.8. The number of aromatic nitrogens is 3. The number of benzene rings is 2. The van der Waals surface area contributed by atoms with E-state index in [9.17, 15) is 9.59 Å². The average molecular weight is 508 g/mol. The van der Waals surface area contributed by atoms with Crippen LogP contribution in [0.3, 0.4) is 0 Å². The summed E-state index contributed by atoms with van der Waals surface area (Å²) in [5.41, 5.74) is 0.836. The fourth-order valence-corrected chi connectivity index (χ4v) is 4.35. The van der Waals surface area contributed by atoms with Crippen LogP contribution in [0.4, 0.5) is 4.39 Å². The van der Waals surface area contributed by atoms with E-state index in [1.807, 2.05) is 24.3 Å². The smallest absolute Gasteiger partial charge is 0.253 e. The predicted octanol–water partition coefficient (Wildman–Crippen LogP) is 4.36. The Kier molecular flexibility index (Phi) is 6.09. The molecule has 0 spiro atoms. The van der Waals surface area contributed by atoms with Gasteiger partial charge in [0.05, 0.1) is 36.1 Å². The monoisotopic (exact) mass is 507 g/mol. The van der Waals surface area contributed by atoms with Gasteiger partial charge >= 0.3 is 0 Å². The molecule has 1 atom stereocenters. The third-order valence-corrected chi connectivity index (χ3v) is 6.61. The van der Waals surface area contributed by atoms with E-state index in [0.717, 1.165) is 10.9 Å². The van der Waals surface area contributed by atoms with Crippen molar-refractivity contribution in [2.24, 2.45) is 0 Å². The maximum Gasteiger partial charge on any atom is 0.253 e. The highest BCUT2D eigenvalue weighted by molar-refractivity contribution is 6.34. The van der Waals surface area contributed by atoms with Crippen molar-refractivity contribution in [3.63, 3.8) is 0 Å². The third-order valence-electron chi connectivity index (χ3n) is 6.33. The zero-order chi connectivity index (χ0) is 25.4. The van der Waals surface area contributed by atoms with Crippen molar-refractivity contribution in [1.29, 1.82) is 0 Å². The number of amides is 2. The molecule has 0 bridgehead atoms. The maximum absolute atomic E-state index is 15.1. The summed E-state index contributed by atoms with van der Waals surface area (Å²) in [5.74, 6) is -0.850. The predicted molar refractivity (Wildman–Crippen MR) is 133 cm³/mol. The van der Waals surface area contributed by atoms with Crippen LogP contribution in [0.2, 0.25) is 5.15 Å². The molecule has 0 unspecified atom stereocenters. The average Bonchev–Trinajstić information content (AvgIpc) is 3.60. The standard InChI is InChI=1S/C26H23ClFN5O3/c1-15(30-25(35)26(9-10-26)31-24(34)16-11-18(36-2)14-29-13-16)19-8-7-17(12-21(19)28)33-22-6-4-3-5-20(22)23(27)32-33/h3-8,11-15H,9-10H2,1-2H3,(H,30,35)(H,31,34)/t15-/m1/s1. The first-order valence-electron chi connectivity index (χ1n) is 11.4. The van der Waals surface area contributed by atoms with Crippen molar-refractivity contribution in [3.05, 3.63) is 83.0 Å². The van der Waals surface area contributed by atoms with E-state index in [-0.39, 0.29) is 11.5 Å². The van der Waals surface area contributed by atoms with Crippen molar-refractivity contribution >= 4 is 34.3 Å². The first-order valence-corrected chi connectivity index (χ1v) is 11.7. The van der Waals surface area contributed by atoms with Gasteiger partial charge in [0.15, 0.2) is 5.15 Å². The Morgan fingerprint density at radius 1 is 1.17 bits per heavy atom. The minimum absolute atomic E-state index is 0.286. The Balaban J connectivity index is 1.30. The molecule has 8 nitrogen and oxygen atoms in total. The summed E-state index contributed by atoms with van der Waals surface area (Å²) in [6.07, 6.45) is 3.87. The van der Waals surface area contributed by atoms with Crippen LogP contribution in [0.5, 0.6) is 5.75 Å². The number of ether oxygens (including phenoxy) is 1. The van der Waals surface area contributed by atoms with E-state index in [4.69, 9.17) is 16.3 Å². The molecular formula is C26H23ClFN5O3.